The van der Waals surface area contributed by atoms with E-state index in [0.717, 1.165) is 19.3 Å². The van der Waals surface area contributed by atoms with Crippen LogP contribution in [0.3, 0.4) is 0 Å². The van der Waals surface area contributed by atoms with Crippen molar-refractivity contribution in [3.05, 3.63) is 21.6 Å². The molecule has 0 aromatic carbocycles. The maximum Gasteiger partial charge on any atom is 0.291 e. The van der Waals surface area contributed by atoms with E-state index in [0.29, 0.717) is 29.6 Å². The zero-order valence-electron chi connectivity index (χ0n) is 12.7. The van der Waals surface area contributed by atoms with E-state index in [1.807, 2.05) is 13.8 Å². The molecular formula is C15H24ClN3O2. The van der Waals surface area contributed by atoms with E-state index >= 15 is 0 Å². The molecule has 1 aromatic heterocycles. The Morgan fingerprint density at radius 2 is 2.29 bits per heavy atom. The Morgan fingerprint density at radius 3 is 2.81 bits per heavy atom. The standard InChI is InChI=1S/C15H24ClN3O2/c1-3-15(2,7-8-20)18-13-12(16)9-17-19(14(13)21)10-11-5-4-6-11/h9,11,18,20H,3-8,10H2,1-2H3. The summed E-state index contributed by atoms with van der Waals surface area (Å²) in [4.78, 5) is 12.6. The van der Waals surface area contributed by atoms with Gasteiger partial charge in [0, 0.05) is 18.7 Å². The lowest BCUT2D eigenvalue weighted by atomic mass is 9.85. The highest BCUT2D eigenvalue weighted by Crippen LogP contribution is 2.28. The fourth-order valence-corrected chi connectivity index (χ4v) is 2.68. The molecule has 6 heteroatoms. The number of rotatable bonds is 7. The van der Waals surface area contributed by atoms with Gasteiger partial charge in [-0.1, -0.05) is 24.9 Å². The van der Waals surface area contributed by atoms with Crippen molar-refractivity contribution in [2.24, 2.45) is 5.92 Å². The van der Waals surface area contributed by atoms with E-state index in [1.54, 1.807) is 0 Å². The van der Waals surface area contributed by atoms with Crippen LogP contribution < -0.4 is 10.9 Å². The summed E-state index contributed by atoms with van der Waals surface area (Å²) in [6, 6.07) is 0. The van der Waals surface area contributed by atoms with Crippen LogP contribution in [0.4, 0.5) is 5.69 Å². The lowest BCUT2D eigenvalue weighted by Crippen LogP contribution is -2.39. The highest BCUT2D eigenvalue weighted by molar-refractivity contribution is 6.33. The van der Waals surface area contributed by atoms with Crippen LogP contribution in [-0.4, -0.2) is 27.0 Å². The Morgan fingerprint density at radius 1 is 1.57 bits per heavy atom. The van der Waals surface area contributed by atoms with Gasteiger partial charge in [-0.05, 0) is 38.5 Å². The second-order valence-corrected chi connectivity index (χ2v) is 6.57. The number of halogens is 1. The highest BCUT2D eigenvalue weighted by atomic mass is 35.5. The van der Waals surface area contributed by atoms with E-state index in [1.165, 1.54) is 17.3 Å². The van der Waals surface area contributed by atoms with Gasteiger partial charge >= 0.3 is 0 Å². The van der Waals surface area contributed by atoms with Crippen molar-refractivity contribution in [3.8, 4) is 0 Å². The largest absolute Gasteiger partial charge is 0.396 e. The molecular weight excluding hydrogens is 290 g/mol. The zero-order valence-corrected chi connectivity index (χ0v) is 13.5. The summed E-state index contributed by atoms with van der Waals surface area (Å²) in [5, 5.41) is 16.9. The van der Waals surface area contributed by atoms with Crippen LogP contribution >= 0.6 is 11.6 Å². The van der Waals surface area contributed by atoms with E-state index in [-0.39, 0.29) is 17.7 Å². The quantitative estimate of drug-likeness (QED) is 0.812. The molecule has 1 aliphatic rings. The molecule has 1 aliphatic carbocycles. The molecule has 2 N–H and O–H groups in total. The van der Waals surface area contributed by atoms with Crippen LogP contribution in [0.1, 0.15) is 46.0 Å². The Kier molecular flexibility index (Phi) is 5.27. The van der Waals surface area contributed by atoms with Gasteiger partial charge in [0.25, 0.3) is 5.56 Å². The number of aliphatic hydroxyl groups is 1. The topological polar surface area (TPSA) is 67.2 Å². The zero-order chi connectivity index (χ0) is 15.5. The summed E-state index contributed by atoms with van der Waals surface area (Å²) in [6.07, 6.45) is 6.44. The van der Waals surface area contributed by atoms with Crippen LogP contribution in [-0.2, 0) is 6.54 Å². The van der Waals surface area contributed by atoms with Crippen molar-refractivity contribution in [3.63, 3.8) is 0 Å². The van der Waals surface area contributed by atoms with Crippen LogP contribution in [0.5, 0.6) is 0 Å². The molecule has 1 atom stereocenters. The predicted molar refractivity (Wildman–Crippen MR) is 84.9 cm³/mol. The van der Waals surface area contributed by atoms with Crippen molar-refractivity contribution in [2.45, 2.75) is 58.0 Å². The molecule has 0 radical (unpaired) electrons. The number of aromatic nitrogens is 2. The molecule has 5 nitrogen and oxygen atoms in total. The third-order valence-electron chi connectivity index (χ3n) is 4.52. The normalized spacial score (nSPS) is 18.1. The minimum atomic E-state index is -0.354. The number of hydrogen-bond acceptors (Lipinski definition) is 4. The predicted octanol–water partition coefficient (Wildman–Crippen LogP) is 2.66. The molecule has 1 aromatic rings. The fraction of sp³-hybridized carbons (Fsp3) is 0.733. The summed E-state index contributed by atoms with van der Waals surface area (Å²) in [6.45, 7) is 4.73. The molecule has 1 fully saturated rings. The molecule has 1 saturated carbocycles. The van der Waals surface area contributed by atoms with Gasteiger partial charge in [-0.2, -0.15) is 5.10 Å². The van der Waals surface area contributed by atoms with Crippen molar-refractivity contribution in [1.29, 1.82) is 0 Å². The summed E-state index contributed by atoms with van der Waals surface area (Å²) >= 11 is 6.15. The first kappa shape index (κ1) is 16.3. The first-order valence-corrected chi connectivity index (χ1v) is 8.01. The van der Waals surface area contributed by atoms with Gasteiger partial charge in [0.15, 0.2) is 0 Å². The molecule has 1 unspecified atom stereocenters. The summed E-state index contributed by atoms with van der Waals surface area (Å²) in [5.41, 5.74) is -0.136. The Hall–Kier alpha value is -1.07. The minimum Gasteiger partial charge on any atom is -0.396 e. The molecule has 0 bridgehead atoms. The monoisotopic (exact) mass is 313 g/mol. The third-order valence-corrected chi connectivity index (χ3v) is 4.81. The average Bonchev–Trinajstić information content (AvgIpc) is 2.41. The van der Waals surface area contributed by atoms with E-state index in [4.69, 9.17) is 11.6 Å². The first-order chi connectivity index (χ1) is 9.99. The number of anilines is 1. The molecule has 1 heterocycles. The van der Waals surface area contributed by atoms with Crippen molar-refractivity contribution >= 4 is 17.3 Å². The van der Waals surface area contributed by atoms with Crippen molar-refractivity contribution < 1.29 is 5.11 Å². The number of nitrogens with zero attached hydrogens (tertiary/aromatic N) is 2. The van der Waals surface area contributed by atoms with Gasteiger partial charge in [0.05, 0.1) is 11.2 Å². The van der Waals surface area contributed by atoms with Crippen molar-refractivity contribution in [1.82, 2.24) is 9.78 Å². The molecule has 0 amide bonds. The van der Waals surface area contributed by atoms with Crippen LogP contribution in [0.25, 0.3) is 0 Å². The van der Waals surface area contributed by atoms with Gasteiger partial charge in [-0.15, -0.1) is 0 Å². The van der Waals surface area contributed by atoms with E-state index in [9.17, 15) is 9.90 Å². The van der Waals surface area contributed by atoms with Gasteiger partial charge in [0.2, 0.25) is 0 Å². The lowest BCUT2D eigenvalue weighted by Gasteiger charge is -2.31. The number of hydrogen-bond donors (Lipinski definition) is 2. The average molecular weight is 314 g/mol. The second kappa shape index (κ2) is 6.79. The van der Waals surface area contributed by atoms with Crippen molar-refractivity contribution in [2.75, 3.05) is 11.9 Å². The summed E-state index contributed by atoms with van der Waals surface area (Å²) in [7, 11) is 0. The molecule has 2 rings (SSSR count). The van der Waals surface area contributed by atoms with Gasteiger partial charge in [0.1, 0.15) is 5.69 Å². The number of aliphatic hydroxyl groups excluding tert-OH is 1. The molecule has 118 valence electrons. The SMILES string of the molecule is CCC(C)(CCO)Nc1c(Cl)cnn(CC2CCC2)c1=O. The van der Waals surface area contributed by atoms with E-state index in [2.05, 4.69) is 10.4 Å². The van der Waals surface area contributed by atoms with Crippen LogP contribution in [0.2, 0.25) is 5.02 Å². The van der Waals surface area contributed by atoms with Gasteiger partial charge in [-0.25, -0.2) is 4.68 Å². The Balaban J connectivity index is 2.25. The van der Waals surface area contributed by atoms with Gasteiger partial charge in [-0.3, -0.25) is 4.79 Å². The first-order valence-electron chi connectivity index (χ1n) is 7.64. The van der Waals surface area contributed by atoms with E-state index < -0.39 is 0 Å². The van der Waals surface area contributed by atoms with Gasteiger partial charge < -0.3 is 10.4 Å². The maximum absolute atomic E-state index is 12.6. The lowest BCUT2D eigenvalue weighted by molar-refractivity contribution is 0.251. The smallest absolute Gasteiger partial charge is 0.291 e. The third kappa shape index (κ3) is 3.77. The molecule has 0 aliphatic heterocycles. The number of nitrogens with one attached hydrogen (secondary N) is 1. The molecule has 0 spiro atoms. The van der Waals surface area contributed by atoms with Crippen LogP contribution in [0.15, 0.2) is 11.0 Å². The summed E-state index contributed by atoms with van der Waals surface area (Å²) < 4.78 is 1.51. The fourth-order valence-electron chi connectivity index (χ4n) is 2.51. The Labute approximate surface area is 130 Å². The second-order valence-electron chi connectivity index (χ2n) is 6.16. The Bertz CT molecular complexity index is 542. The minimum absolute atomic E-state index is 0.0658. The molecule has 21 heavy (non-hydrogen) atoms. The maximum atomic E-state index is 12.6. The molecule has 0 saturated heterocycles. The van der Waals surface area contributed by atoms with Crippen LogP contribution in [0, 0.1) is 5.92 Å². The highest BCUT2D eigenvalue weighted by Gasteiger charge is 2.25. The summed E-state index contributed by atoms with van der Waals surface area (Å²) in [5.74, 6) is 0.555.